The van der Waals surface area contributed by atoms with Crippen LogP contribution in [0, 0.1) is 0 Å². The number of nitrogens with two attached hydrogens (primary N) is 1. The fourth-order valence-corrected chi connectivity index (χ4v) is 2.86. The predicted octanol–water partition coefficient (Wildman–Crippen LogP) is 2.92. The Balaban J connectivity index is 2.74. The van der Waals surface area contributed by atoms with Crippen LogP contribution in [0.15, 0.2) is 15.0 Å². The van der Waals surface area contributed by atoms with Crippen molar-refractivity contribution in [3.8, 4) is 0 Å². The Bertz CT molecular complexity index is 401. The number of rotatable bonds is 0. The number of Topliss-reactive ketones (excluding diaryl/α,β-unsaturated/α-hetero) is 1. The van der Waals surface area contributed by atoms with E-state index in [1.807, 2.05) is 6.07 Å². The van der Waals surface area contributed by atoms with Crippen molar-refractivity contribution in [1.29, 1.82) is 0 Å². The van der Waals surface area contributed by atoms with Crippen molar-refractivity contribution in [2.24, 2.45) is 0 Å². The summed E-state index contributed by atoms with van der Waals surface area (Å²) in [6, 6.07) is 1.81. The van der Waals surface area contributed by atoms with Gasteiger partial charge in [-0.1, -0.05) is 0 Å². The summed E-state index contributed by atoms with van der Waals surface area (Å²) in [6.07, 6.45) is 1.40. The molecule has 1 aromatic rings. The fourth-order valence-electron chi connectivity index (χ4n) is 1.54. The van der Waals surface area contributed by atoms with E-state index in [1.165, 1.54) is 0 Å². The average molecular weight is 305 g/mol. The summed E-state index contributed by atoms with van der Waals surface area (Å²) in [4.78, 5) is 11.4. The molecule has 13 heavy (non-hydrogen) atoms. The Morgan fingerprint density at radius 3 is 2.69 bits per heavy atom. The molecule has 0 unspecified atom stereocenters. The van der Waals surface area contributed by atoms with Gasteiger partial charge in [0.15, 0.2) is 5.78 Å². The minimum Gasteiger partial charge on any atom is -0.397 e. The summed E-state index contributed by atoms with van der Waals surface area (Å²) < 4.78 is 1.65. The van der Waals surface area contributed by atoms with Crippen LogP contribution in [0.4, 0.5) is 5.69 Å². The molecular formula is C9H7Br2NO. The van der Waals surface area contributed by atoms with Gasteiger partial charge in [-0.25, -0.2) is 0 Å². The van der Waals surface area contributed by atoms with E-state index in [0.29, 0.717) is 12.1 Å². The molecule has 1 aromatic carbocycles. The molecule has 0 atom stereocenters. The van der Waals surface area contributed by atoms with Crippen LogP contribution in [0.3, 0.4) is 0 Å². The van der Waals surface area contributed by atoms with E-state index in [4.69, 9.17) is 5.73 Å². The van der Waals surface area contributed by atoms with Gasteiger partial charge in [-0.2, -0.15) is 0 Å². The first-order valence-corrected chi connectivity index (χ1v) is 5.49. The van der Waals surface area contributed by atoms with E-state index in [2.05, 4.69) is 31.9 Å². The summed E-state index contributed by atoms with van der Waals surface area (Å²) in [5, 5.41) is 0. The van der Waals surface area contributed by atoms with E-state index in [-0.39, 0.29) is 5.78 Å². The number of carbonyl (C=O) groups is 1. The second-order valence-corrected chi connectivity index (χ2v) is 4.68. The maximum Gasteiger partial charge on any atom is 0.163 e. The lowest BCUT2D eigenvalue weighted by Gasteiger charge is -2.06. The lowest BCUT2D eigenvalue weighted by Crippen LogP contribution is -1.96. The van der Waals surface area contributed by atoms with Gasteiger partial charge in [0.2, 0.25) is 0 Å². The van der Waals surface area contributed by atoms with Crippen LogP contribution in [0.1, 0.15) is 22.3 Å². The third kappa shape index (κ3) is 1.32. The van der Waals surface area contributed by atoms with Gasteiger partial charge in [-0.3, -0.25) is 4.79 Å². The van der Waals surface area contributed by atoms with E-state index >= 15 is 0 Å². The first-order valence-electron chi connectivity index (χ1n) is 3.91. The van der Waals surface area contributed by atoms with Gasteiger partial charge >= 0.3 is 0 Å². The smallest absolute Gasteiger partial charge is 0.163 e. The van der Waals surface area contributed by atoms with Gasteiger partial charge in [0.05, 0.1) is 5.69 Å². The molecule has 2 nitrogen and oxygen atoms in total. The van der Waals surface area contributed by atoms with Crippen LogP contribution in [0.2, 0.25) is 0 Å². The highest BCUT2D eigenvalue weighted by atomic mass is 79.9. The first-order chi connectivity index (χ1) is 6.11. The van der Waals surface area contributed by atoms with Crippen molar-refractivity contribution in [3.63, 3.8) is 0 Å². The average Bonchev–Trinajstić information content (AvgIpc) is 2.45. The lowest BCUT2D eigenvalue weighted by molar-refractivity contribution is 0.0994. The highest BCUT2D eigenvalue weighted by Crippen LogP contribution is 2.37. The molecule has 0 amide bonds. The maximum absolute atomic E-state index is 11.4. The second kappa shape index (κ2) is 3.10. The Morgan fingerprint density at radius 2 is 2.00 bits per heavy atom. The molecule has 2 N–H and O–H groups in total. The van der Waals surface area contributed by atoms with Crippen LogP contribution in [0.25, 0.3) is 0 Å². The number of hydrogen-bond acceptors (Lipinski definition) is 2. The molecule has 0 heterocycles. The van der Waals surface area contributed by atoms with Crippen LogP contribution < -0.4 is 5.73 Å². The summed E-state index contributed by atoms with van der Waals surface area (Å²) in [5.41, 5.74) is 8.32. The molecule has 0 saturated carbocycles. The zero-order valence-corrected chi connectivity index (χ0v) is 9.91. The number of benzene rings is 1. The zero-order chi connectivity index (χ0) is 9.59. The van der Waals surface area contributed by atoms with Crippen molar-refractivity contribution in [1.82, 2.24) is 0 Å². The van der Waals surface area contributed by atoms with E-state index < -0.39 is 0 Å². The number of hydrogen-bond donors (Lipinski definition) is 1. The van der Waals surface area contributed by atoms with Crippen LogP contribution in [-0.4, -0.2) is 5.78 Å². The van der Waals surface area contributed by atoms with Crippen molar-refractivity contribution in [3.05, 3.63) is 26.1 Å². The zero-order valence-electron chi connectivity index (χ0n) is 6.73. The standard InChI is InChI=1S/C9H7Br2NO/c10-6-3-5-4(1-2-7(5)13)8(11)9(6)12/h3H,1-2,12H2. The van der Waals surface area contributed by atoms with Crippen LogP contribution in [-0.2, 0) is 6.42 Å². The number of carbonyl (C=O) groups excluding carboxylic acids is 1. The van der Waals surface area contributed by atoms with Crippen molar-refractivity contribution in [2.45, 2.75) is 12.8 Å². The maximum atomic E-state index is 11.4. The molecular weight excluding hydrogens is 298 g/mol. The molecule has 68 valence electrons. The summed E-state index contributed by atoms with van der Waals surface area (Å²) >= 11 is 6.72. The van der Waals surface area contributed by atoms with Crippen molar-refractivity contribution < 1.29 is 4.79 Å². The van der Waals surface area contributed by atoms with Gasteiger partial charge in [0.1, 0.15) is 0 Å². The van der Waals surface area contributed by atoms with Crippen molar-refractivity contribution in [2.75, 3.05) is 5.73 Å². The lowest BCUT2D eigenvalue weighted by atomic mass is 10.1. The Labute approximate surface area is 92.8 Å². The molecule has 4 heteroatoms. The topological polar surface area (TPSA) is 43.1 Å². The number of halogens is 2. The highest BCUT2D eigenvalue weighted by molar-refractivity contribution is 9.11. The monoisotopic (exact) mass is 303 g/mol. The number of fused-ring (bicyclic) bond motifs is 1. The molecule has 0 aliphatic heterocycles. The van der Waals surface area contributed by atoms with Crippen LogP contribution >= 0.6 is 31.9 Å². The fraction of sp³-hybridized carbons (Fsp3) is 0.222. The molecule has 0 radical (unpaired) electrons. The van der Waals surface area contributed by atoms with Crippen LogP contribution in [0.5, 0.6) is 0 Å². The molecule has 2 rings (SSSR count). The first kappa shape index (κ1) is 9.21. The van der Waals surface area contributed by atoms with Gasteiger partial charge in [0.25, 0.3) is 0 Å². The largest absolute Gasteiger partial charge is 0.397 e. The minimum absolute atomic E-state index is 0.205. The molecule has 1 aliphatic rings. The SMILES string of the molecule is Nc1c(Br)cc2c(c1Br)CCC2=O. The second-order valence-electron chi connectivity index (χ2n) is 3.04. The van der Waals surface area contributed by atoms with E-state index in [9.17, 15) is 4.79 Å². The van der Waals surface area contributed by atoms with Gasteiger partial charge in [-0.15, -0.1) is 0 Å². The van der Waals surface area contributed by atoms with E-state index in [1.54, 1.807) is 0 Å². The summed E-state index contributed by atoms with van der Waals surface area (Å²) in [6.45, 7) is 0. The molecule has 0 bridgehead atoms. The quantitative estimate of drug-likeness (QED) is 0.749. The van der Waals surface area contributed by atoms with Crippen molar-refractivity contribution >= 4 is 43.3 Å². The third-order valence-corrected chi connectivity index (χ3v) is 3.82. The Hall–Kier alpha value is -0.350. The Morgan fingerprint density at radius 1 is 1.31 bits per heavy atom. The normalized spacial score (nSPS) is 14.8. The Kier molecular flexibility index (Phi) is 2.20. The van der Waals surface area contributed by atoms with Gasteiger partial charge in [-0.05, 0) is 49.9 Å². The van der Waals surface area contributed by atoms with E-state index in [0.717, 1.165) is 26.5 Å². The predicted molar refractivity (Wildman–Crippen MR) is 58.9 cm³/mol. The number of ketones is 1. The summed E-state index contributed by atoms with van der Waals surface area (Å²) in [5.74, 6) is 0.205. The molecule has 0 saturated heterocycles. The summed E-state index contributed by atoms with van der Waals surface area (Å²) in [7, 11) is 0. The third-order valence-electron chi connectivity index (χ3n) is 2.26. The minimum atomic E-state index is 0.205. The number of anilines is 1. The van der Waals surface area contributed by atoms with Gasteiger partial charge < -0.3 is 5.73 Å². The number of nitrogen functional groups attached to an aromatic ring is 1. The molecule has 0 spiro atoms. The van der Waals surface area contributed by atoms with Gasteiger partial charge in [0, 0.05) is 20.9 Å². The highest BCUT2D eigenvalue weighted by Gasteiger charge is 2.23. The molecule has 0 aromatic heterocycles. The molecule has 1 aliphatic carbocycles. The molecule has 0 fully saturated rings.